The van der Waals surface area contributed by atoms with Crippen LogP contribution in [0.4, 0.5) is 4.39 Å². The summed E-state index contributed by atoms with van der Waals surface area (Å²) in [5.74, 6) is -0.284. The Morgan fingerprint density at radius 2 is 1.69 bits per heavy atom. The molecule has 0 fully saturated rings. The number of hydrogen-bond acceptors (Lipinski definition) is 3. The van der Waals surface area contributed by atoms with Crippen molar-refractivity contribution < 1.29 is 4.39 Å². The molecule has 1 aromatic heterocycles. The van der Waals surface area contributed by atoms with Gasteiger partial charge in [0.05, 0.1) is 16.3 Å². The number of aryl methyl sites for hydroxylation is 1. The van der Waals surface area contributed by atoms with E-state index in [0.717, 1.165) is 40.8 Å². The van der Waals surface area contributed by atoms with Crippen LogP contribution in [0.25, 0.3) is 11.8 Å². The second-order valence-corrected chi connectivity index (χ2v) is 11.5. The fraction of sp³-hybridized carbons (Fsp3) is 0.226. The third kappa shape index (κ3) is 3.88. The number of hydrogen-bond donors (Lipinski definition) is 0. The minimum absolute atomic E-state index is 0.0571. The summed E-state index contributed by atoms with van der Waals surface area (Å²) in [5, 5.41) is 0. The van der Waals surface area contributed by atoms with E-state index in [9.17, 15) is 9.18 Å². The summed E-state index contributed by atoms with van der Waals surface area (Å²) in [6.07, 6.45) is 3.66. The van der Waals surface area contributed by atoms with E-state index >= 15 is 0 Å². The number of nitrogens with zero attached hydrogens (tertiary/aromatic N) is 2. The summed E-state index contributed by atoms with van der Waals surface area (Å²) in [6.45, 7) is 6.57. The molecule has 6 rings (SSSR count). The zero-order valence-electron chi connectivity index (χ0n) is 20.6. The molecule has 0 saturated carbocycles. The Bertz CT molecular complexity index is 1680. The highest BCUT2D eigenvalue weighted by Gasteiger charge is 2.32. The van der Waals surface area contributed by atoms with Crippen LogP contribution in [0.15, 0.2) is 88.2 Å². The van der Waals surface area contributed by atoms with E-state index in [-0.39, 0.29) is 22.8 Å². The van der Waals surface area contributed by atoms with Gasteiger partial charge in [-0.1, -0.05) is 92.8 Å². The minimum atomic E-state index is -0.296. The van der Waals surface area contributed by atoms with Crippen LogP contribution in [0.5, 0.6) is 0 Å². The van der Waals surface area contributed by atoms with Crippen LogP contribution in [-0.4, -0.2) is 4.57 Å². The zero-order valence-corrected chi connectivity index (χ0v) is 21.4. The Morgan fingerprint density at radius 1 is 0.972 bits per heavy atom. The van der Waals surface area contributed by atoms with Crippen LogP contribution >= 0.6 is 11.3 Å². The van der Waals surface area contributed by atoms with E-state index in [0.29, 0.717) is 9.33 Å². The number of aromatic nitrogens is 1. The van der Waals surface area contributed by atoms with Gasteiger partial charge >= 0.3 is 0 Å². The third-order valence-corrected chi connectivity index (χ3v) is 8.12. The van der Waals surface area contributed by atoms with Crippen molar-refractivity contribution in [1.29, 1.82) is 0 Å². The molecule has 0 unspecified atom stereocenters. The van der Waals surface area contributed by atoms with Crippen LogP contribution in [0.2, 0.25) is 0 Å². The summed E-state index contributed by atoms with van der Waals surface area (Å²) in [6, 6.07) is 23.0. The second-order valence-electron chi connectivity index (χ2n) is 10.5. The molecule has 0 saturated heterocycles. The molecular formula is C31H27FN2OS. The maximum atomic E-state index is 13.8. The molecule has 0 amide bonds. The molecule has 36 heavy (non-hydrogen) atoms. The molecule has 4 aromatic rings. The predicted octanol–water partition coefficient (Wildman–Crippen LogP) is 5.76. The van der Waals surface area contributed by atoms with Gasteiger partial charge in [0, 0.05) is 5.56 Å². The van der Waals surface area contributed by atoms with Crippen LogP contribution in [0.1, 0.15) is 61.1 Å². The van der Waals surface area contributed by atoms with Gasteiger partial charge in [-0.25, -0.2) is 9.38 Å². The van der Waals surface area contributed by atoms with E-state index in [2.05, 4.69) is 63.2 Å². The Kier molecular flexibility index (Phi) is 5.41. The van der Waals surface area contributed by atoms with Gasteiger partial charge in [-0.15, -0.1) is 0 Å². The summed E-state index contributed by atoms with van der Waals surface area (Å²) in [4.78, 5) is 19.5. The summed E-state index contributed by atoms with van der Waals surface area (Å²) in [5.41, 5.74) is 7.63. The van der Waals surface area contributed by atoms with Gasteiger partial charge in [0.15, 0.2) is 4.80 Å². The van der Waals surface area contributed by atoms with Crippen molar-refractivity contribution >= 4 is 23.1 Å². The van der Waals surface area contributed by atoms with Crippen molar-refractivity contribution in [2.45, 2.75) is 45.1 Å². The SMILES string of the molecule is CC(C)(C)c1ccc(/C=c2/sc3n(c2=O)[C@@H](c2ccc(F)cc2)C2=C(N=3)c3ccccc3CC2)cc1. The number of thiazole rings is 1. The molecule has 2 heterocycles. The fourth-order valence-electron chi connectivity index (χ4n) is 5.20. The molecule has 0 bridgehead atoms. The van der Waals surface area contributed by atoms with Crippen molar-refractivity contribution in [3.05, 3.63) is 132 Å². The van der Waals surface area contributed by atoms with E-state index in [1.54, 1.807) is 16.7 Å². The highest BCUT2D eigenvalue weighted by atomic mass is 32.1. The lowest BCUT2D eigenvalue weighted by atomic mass is 9.83. The van der Waals surface area contributed by atoms with Gasteiger partial charge in [-0.3, -0.25) is 9.36 Å². The monoisotopic (exact) mass is 494 g/mol. The van der Waals surface area contributed by atoms with Gasteiger partial charge in [0.25, 0.3) is 5.56 Å². The molecule has 3 nitrogen and oxygen atoms in total. The van der Waals surface area contributed by atoms with Gasteiger partial charge in [-0.05, 0) is 64.3 Å². The van der Waals surface area contributed by atoms with E-state index in [1.807, 2.05) is 12.1 Å². The Balaban J connectivity index is 1.55. The van der Waals surface area contributed by atoms with Crippen molar-refractivity contribution in [1.82, 2.24) is 4.57 Å². The highest BCUT2D eigenvalue weighted by Crippen LogP contribution is 2.41. The first-order chi connectivity index (χ1) is 17.3. The average molecular weight is 495 g/mol. The number of rotatable bonds is 2. The van der Waals surface area contributed by atoms with Crippen molar-refractivity contribution in [2.75, 3.05) is 0 Å². The smallest absolute Gasteiger partial charge is 0.271 e. The number of benzene rings is 3. The molecule has 1 aliphatic carbocycles. The van der Waals surface area contributed by atoms with Gasteiger partial charge < -0.3 is 0 Å². The first kappa shape index (κ1) is 22.9. The normalized spacial score (nSPS) is 17.3. The Labute approximate surface area is 213 Å². The Morgan fingerprint density at radius 3 is 2.42 bits per heavy atom. The minimum Gasteiger partial charge on any atom is -0.272 e. The van der Waals surface area contributed by atoms with Crippen LogP contribution in [0, 0.1) is 5.82 Å². The maximum absolute atomic E-state index is 13.8. The lowest BCUT2D eigenvalue weighted by Gasteiger charge is -2.30. The number of fused-ring (bicyclic) bond motifs is 3. The van der Waals surface area contributed by atoms with E-state index < -0.39 is 0 Å². The van der Waals surface area contributed by atoms with Gasteiger partial charge in [0.1, 0.15) is 5.82 Å². The lowest BCUT2D eigenvalue weighted by Crippen LogP contribution is -2.38. The molecule has 2 aliphatic rings. The molecular weight excluding hydrogens is 467 g/mol. The summed E-state index contributed by atoms with van der Waals surface area (Å²) < 4.78 is 16.3. The largest absolute Gasteiger partial charge is 0.272 e. The fourth-order valence-corrected chi connectivity index (χ4v) is 6.20. The number of halogens is 1. The number of allylic oxidation sites excluding steroid dienone is 1. The molecule has 1 atom stereocenters. The average Bonchev–Trinajstić information content (AvgIpc) is 3.17. The topological polar surface area (TPSA) is 34.4 Å². The standard InChI is InChI=1S/C31H27FN2OS/c1-31(2,3)22-13-8-19(9-14-22)18-26-29(35)34-28(21-10-15-23(32)16-11-21)25-17-12-20-6-4-5-7-24(20)27(25)33-30(34)36-26/h4-11,13-16,18,28H,12,17H2,1-3H3/b26-18+/t28-/m0/s1. The van der Waals surface area contributed by atoms with E-state index in [4.69, 9.17) is 4.99 Å². The van der Waals surface area contributed by atoms with Gasteiger partial charge in [-0.2, -0.15) is 0 Å². The maximum Gasteiger partial charge on any atom is 0.271 e. The Hall–Kier alpha value is -3.57. The summed E-state index contributed by atoms with van der Waals surface area (Å²) in [7, 11) is 0. The predicted molar refractivity (Wildman–Crippen MR) is 144 cm³/mol. The first-order valence-electron chi connectivity index (χ1n) is 12.3. The summed E-state index contributed by atoms with van der Waals surface area (Å²) >= 11 is 1.42. The molecule has 0 radical (unpaired) electrons. The first-order valence-corrected chi connectivity index (χ1v) is 13.1. The molecule has 0 spiro atoms. The molecule has 1 aliphatic heterocycles. The molecule has 3 aromatic carbocycles. The second kappa shape index (κ2) is 8.52. The van der Waals surface area contributed by atoms with Crippen molar-refractivity contribution in [2.24, 2.45) is 4.99 Å². The third-order valence-electron chi connectivity index (χ3n) is 7.13. The van der Waals surface area contributed by atoms with E-state index in [1.165, 1.54) is 34.6 Å². The van der Waals surface area contributed by atoms with Crippen LogP contribution < -0.4 is 14.9 Å². The van der Waals surface area contributed by atoms with Crippen molar-refractivity contribution in [3.63, 3.8) is 0 Å². The molecule has 180 valence electrons. The van der Waals surface area contributed by atoms with Crippen LogP contribution in [-0.2, 0) is 11.8 Å². The molecule has 5 heteroatoms. The zero-order chi connectivity index (χ0) is 25.0. The lowest BCUT2D eigenvalue weighted by molar-refractivity contribution is 0.581. The van der Waals surface area contributed by atoms with Crippen LogP contribution in [0.3, 0.4) is 0 Å². The molecule has 0 N–H and O–H groups in total. The quantitative estimate of drug-likeness (QED) is 0.349. The highest BCUT2D eigenvalue weighted by molar-refractivity contribution is 7.07. The van der Waals surface area contributed by atoms with Gasteiger partial charge in [0.2, 0.25) is 0 Å². The van der Waals surface area contributed by atoms with Crippen molar-refractivity contribution in [3.8, 4) is 0 Å².